The molecule has 2 N–H and O–H groups in total. The molecule has 0 saturated heterocycles. The second kappa shape index (κ2) is 7.72. The number of methoxy groups -OCH3 is 1. The Kier molecular flexibility index (Phi) is 5.15. The van der Waals surface area contributed by atoms with Crippen molar-refractivity contribution in [1.82, 2.24) is 25.5 Å². The molecule has 2 aromatic heterocycles. The van der Waals surface area contributed by atoms with Gasteiger partial charge in [-0.2, -0.15) is 0 Å². The summed E-state index contributed by atoms with van der Waals surface area (Å²) >= 11 is 1.31. The summed E-state index contributed by atoms with van der Waals surface area (Å²) in [4.78, 5) is 20.0. The van der Waals surface area contributed by atoms with Crippen LogP contribution in [0.3, 0.4) is 0 Å². The van der Waals surface area contributed by atoms with Crippen LogP contribution in [0.2, 0.25) is 0 Å². The largest absolute Gasteiger partial charge is 0.497 e. The van der Waals surface area contributed by atoms with Gasteiger partial charge in [0.1, 0.15) is 11.3 Å². The highest BCUT2D eigenvalue weighted by molar-refractivity contribution is 7.99. The number of fused-ring (bicyclic) bond motifs is 3. The predicted octanol–water partition coefficient (Wildman–Crippen LogP) is 3.30. The highest BCUT2D eigenvalue weighted by Crippen LogP contribution is 2.27. The molecular formula is C19H23N5O2S. The lowest BCUT2D eigenvalue weighted by Crippen LogP contribution is -2.41. The van der Waals surface area contributed by atoms with Crippen LogP contribution in [-0.2, 0) is 4.79 Å². The smallest absolute Gasteiger partial charge is 0.230 e. The quantitative estimate of drug-likeness (QED) is 0.655. The molecule has 4 rings (SSSR count). The molecule has 1 fully saturated rings. The summed E-state index contributed by atoms with van der Waals surface area (Å²) in [6.07, 6.45) is 4.71. The number of nitrogens with one attached hydrogen (secondary N) is 2. The van der Waals surface area contributed by atoms with Gasteiger partial charge in [0.15, 0.2) is 5.65 Å². The first-order valence-electron chi connectivity index (χ1n) is 9.26. The van der Waals surface area contributed by atoms with E-state index in [1.165, 1.54) is 31.0 Å². The first-order valence-corrected chi connectivity index (χ1v) is 10.2. The summed E-state index contributed by atoms with van der Waals surface area (Å²) in [6.45, 7) is 2.21. The maximum atomic E-state index is 12.3. The number of hydrogen-bond donors (Lipinski definition) is 2. The van der Waals surface area contributed by atoms with Crippen LogP contribution in [0.1, 0.15) is 32.6 Å². The molecule has 1 amide bonds. The maximum Gasteiger partial charge on any atom is 0.230 e. The number of carbonyl (C=O) groups is 1. The summed E-state index contributed by atoms with van der Waals surface area (Å²) in [5.74, 6) is 1.64. The zero-order chi connectivity index (χ0) is 18.8. The van der Waals surface area contributed by atoms with E-state index >= 15 is 0 Å². The molecule has 1 aliphatic carbocycles. The average molecular weight is 385 g/mol. The van der Waals surface area contributed by atoms with Gasteiger partial charge in [-0.3, -0.25) is 4.79 Å². The van der Waals surface area contributed by atoms with Crippen molar-refractivity contribution in [2.45, 2.75) is 43.8 Å². The van der Waals surface area contributed by atoms with Gasteiger partial charge in [0, 0.05) is 16.9 Å². The van der Waals surface area contributed by atoms with Crippen LogP contribution in [0.15, 0.2) is 23.4 Å². The monoisotopic (exact) mass is 385 g/mol. The highest BCUT2D eigenvalue weighted by Gasteiger charge is 2.22. The summed E-state index contributed by atoms with van der Waals surface area (Å²) in [5.41, 5.74) is 2.30. The standard InChI is InChI=1S/C19H23N5O2S/c1-11-5-3-4-6-14(11)20-16(25)10-27-19-22-18-17(23-24-19)13-9-12(26-2)7-8-15(13)21-18/h7-9,11,14H,3-6,10H2,1-2H3,(H,20,25)(H,21,22,24)/t11-,14+/m1/s1. The van der Waals surface area contributed by atoms with Gasteiger partial charge >= 0.3 is 0 Å². The van der Waals surface area contributed by atoms with Crippen molar-refractivity contribution >= 4 is 39.7 Å². The number of rotatable bonds is 5. The summed E-state index contributed by atoms with van der Waals surface area (Å²) in [5, 5.41) is 13.0. The van der Waals surface area contributed by atoms with Crippen LogP contribution in [-0.4, -0.2) is 45.0 Å². The molecule has 2 atom stereocenters. The predicted molar refractivity (Wildman–Crippen MR) is 106 cm³/mol. The van der Waals surface area contributed by atoms with Crippen LogP contribution in [0.5, 0.6) is 5.75 Å². The van der Waals surface area contributed by atoms with Gasteiger partial charge in [-0.15, -0.1) is 10.2 Å². The Labute approximate surface area is 161 Å². The molecule has 1 aliphatic rings. The second-order valence-electron chi connectivity index (χ2n) is 7.05. The maximum absolute atomic E-state index is 12.3. The van der Waals surface area contributed by atoms with Gasteiger partial charge in [-0.1, -0.05) is 31.5 Å². The van der Waals surface area contributed by atoms with Crippen molar-refractivity contribution in [3.8, 4) is 5.75 Å². The zero-order valence-electron chi connectivity index (χ0n) is 15.5. The molecule has 0 radical (unpaired) electrons. The Bertz CT molecular complexity index is 973. The highest BCUT2D eigenvalue weighted by atomic mass is 32.2. The Morgan fingerprint density at radius 2 is 2.19 bits per heavy atom. The van der Waals surface area contributed by atoms with Crippen molar-refractivity contribution in [2.24, 2.45) is 5.92 Å². The molecule has 1 saturated carbocycles. The number of amides is 1. The molecular weight excluding hydrogens is 362 g/mol. The van der Waals surface area contributed by atoms with E-state index in [2.05, 4.69) is 32.4 Å². The molecule has 0 unspecified atom stereocenters. The third kappa shape index (κ3) is 3.85. The number of ether oxygens (including phenoxy) is 1. The summed E-state index contributed by atoms with van der Waals surface area (Å²) in [7, 11) is 1.63. The lowest BCUT2D eigenvalue weighted by Gasteiger charge is -2.29. The van der Waals surface area contributed by atoms with Crippen LogP contribution in [0.4, 0.5) is 0 Å². The van der Waals surface area contributed by atoms with E-state index in [0.717, 1.165) is 23.1 Å². The zero-order valence-corrected chi connectivity index (χ0v) is 16.3. The number of hydrogen-bond acceptors (Lipinski definition) is 6. The number of aromatic nitrogens is 4. The fraction of sp³-hybridized carbons (Fsp3) is 0.474. The van der Waals surface area contributed by atoms with Crippen LogP contribution in [0, 0.1) is 5.92 Å². The topological polar surface area (TPSA) is 92.8 Å². The normalized spacial score (nSPS) is 20.1. The Balaban J connectivity index is 1.44. The number of benzene rings is 1. The van der Waals surface area contributed by atoms with Crippen molar-refractivity contribution in [1.29, 1.82) is 0 Å². The first-order chi connectivity index (χ1) is 13.1. The molecule has 3 aromatic rings. The lowest BCUT2D eigenvalue weighted by atomic mass is 9.86. The SMILES string of the molecule is COc1ccc2[nH]c3nc(SCC(=O)N[C@H]4CCCC[C@H]4C)nnc3c2c1. The van der Waals surface area contributed by atoms with Crippen LogP contribution in [0.25, 0.3) is 22.1 Å². The number of carbonyl (C=O) groups excluding carboxylic acids is 1. The molecule has 8 heteroatoms. The number of thioether (sulfide) groups is 1. The molecule has 142 valence electrons. The van der Waals surface area contributed by atoms with E-state index in [1.807, 2.05) is 18.2 Å². The molecule has 0 spiro atoms. The molecule has 27 heavy (non-hydrogen) atoms. The first kappa shape index (κ1) is 18.0. The minimum atomic E-state index is 0.0313. The number of H-pyrrole nitrogens is 1. The summed E-state index contributed by atoms with van der Waals surface area (Å²) < 4.78 is 5.27. The van der Waals surface area contributed by atoms with Crippen LogP contribution >= 0.6 is 11.8 Å². The van der Waals surface area contributed by atoms with E-state index in [4.69, 9.17) is 4.74 Å². The molecule has 0 bridgehead atoms. The van der Waals surface area contributed by atoms with Gasteiger partial charge in [-0.25, -0.2) is 4.98 Å². The van der Waals surface area contributed by atoms with E-state index in [9.17, 15) is 4.79 Å². The van der Waals surface area contributed by atoms with Gasteiger partial charge < -0.3 is 15.0 Å². The fourth-order valence-corrected chi connectivity index (χ4v) is 4.23. The Hall–Kier alpha value is -2.35. The number of aromatic amines is 1. The second-order valence-corrected chi connectivity index (χ2v) is 8.00. The van der Waals surface area contributed by atoms with Crippen molar-refractivity contribution < 1.29 is 9.53 Å². The van der Waals surface area contributed by atoms with E-state index in [0.29, 0.717) is 28.0 Å². The molecule has 1 aromatic carbocycles. The van der Waals surface area contributed by atoms with Crippen LogP contribution < -0.4 is 10.1 Å². The minimum absolute atomic E-state index is 0.0313. The average Bonchev–Trinajstić information content (AvgIpc) is 3.05. The van der Waals surface area contributed by atoms with E-state index < -0.39 is 0 Å². The van der Waals surface area contributed by atoms with Gasteiger partial charge in [0.25, 0.3) is 0 Å². The van der Waals surface area contributed by atoms with Gasteiger partial charge in [0.05, 0.1) is 12.9 Å². The van der Waals surface area contributed by atoms with E-state index in [1.54, 1.807) is 7.11 Å². The van der Waals surface area contributed by atoms with E-state index in [-0.39, 0.29) is 11.9 Å². The Morgan fingerprint density at radius 1 is 1.33 bits per heavy atom. The molecule has 7 nitrogen and oxygen atoms in total. The van der Waals surface area contributed by atoms with Crippen molar-refractivity contribution in [3.05, 3.63) is 18.2 Å². The lowest BCUT2D eigenvalue weighted by molar-refractivity contribution is -0.119. The fourth-order valence-electron chi connectivity index (χ4n) is 3.63. The van der Waals surface area contributed by atoms with Crippen molar-refractivity contribution in [2.75, 3.05) is 12.9 Å². The third-order valence-electron chi connectivity index (χ3n) is 5.19. The minimum Gasteiger partial charge on any atom is -0.497 e. The third-order valence-corrected chi connectivity index (χ3v) is 6.03. The molecule has 2 heterocycles. The van der Waals surface area contributed by atoms with Crippen molar-refractivity contribution in [3.63, 3.8) is 0 Å². The van der Waals surface area contributed by atoms with Gasteiger partial charge in [-0.05, 0) is 37.0 Å². The molecule has 0 aliphatic heterocycles. The number of nitrogens with zero attached hydrogens (tertiary/aromatic N) is 3. The summed E-state index contributed by atoms with van der Waals surface area (Å²) in [6, 6.07) is 6.02. The van der Waals surface area contributed by atoms with Gasteiger partial charge in [0.2, 0.25) is 11.1 Å². The Morgan fingerprint density at radius 3 is 3.00 bits per heavy atom.